The molecule has 0 aromatic carbocycles. The minimum atomic E-state index is -0.774. The normalized spacial score (nSPS) is 31.4. The number of hydrogen-bond acceptors (Lipinski definition) is 3. The van der Waals surface area contributed by atoms with Crippen molar-refractivity contribution in [3.63, 3.8) is 0 Å². The van der Waals surface area contributed by atoms with Crippen molar-refractivity contribution < 1.29 is 15.3 Å². The predicted octanol–water partition coefficient (Wildman–Crippen LogP) is 0.673. The average molecular weight is 212 g/mol. The lowest BCUT2D eigenvalue weighted by Crippen LogP contribution is -2.53. The summed E-state index contributed by atoms with van der Waals surface area (Å²) in [6, 6.07) is 0. The Hall–Kier alpha value is -0.120. The third kappa shape index (κ3) is 1.07. The van der Waals surface area contributed by atoms with Crippen LogP contribution in [0.4, 0.5) is 0 Å². The standard InChI is InChI=1S/C12H20O3/c13-7-10(3-4-10)12(15,9-1-2-9)11(8-14)5-6-11/h9,13-15H,1-8H2. The van der Waals surface area contributed by atoms with Gasteiger partial charge in [0.05, 0.1) is 18.8 Å². The monoisotopic (exact) mass is 212 g/mol. The maximum absolute atomic E-state index is 11.0. The van der Waals surface area contributed by atoms with E-state index in [0.717, 1.165) is 38.5 Å². The highest BCUT2D eigenvalue weighted by Crippen LogP contribution is 2.72. The minimum absolute atomic E-state index is 0.0851. The SMILES string of the molecule is OCC1(C(O)(C2CC2)C2(CO)CC2)CC1. The van der Waals surface area contributed by atoms with E-state index in [1.54, 1.807) is 0 Å². The molecule has 3 N–H and O–H groups in total. The van der Waals surface area contributed by atoms with Crippen molar-refractivity contribution >= 4 is 0 Å². The largest absolute Gasteiger partial charge is 0.396 e. The van der Waals surface area contributed by atoms with Gasteiger partial charge in [-0.15, -0.1) is 0 Å². The number of hydrogen-bond donors (Lipinski definition) is 3. The molecule has 0 atom stereocenters. The molecule has 0 aliphatic heterocycles. The van der Waals surface area contributed by atoms with Crippen LogP contribution in [0, 0.1) is 16.7 Å². The van der Waals surface area contributed by atoms with Crippen LogP contribution in [0.5, 0.6) is 0 Å². The van der Waals surface area contributed by atoms with E-state index in [-0.39, 0.29) is 24.0 Å². The Morgan fingerprint density at radius 1 is 0.933 bits per heavy atom. The van der Waals surface area contributed by atoms with Gasteiger partial charge in [0.2, 0.25) is 0 Å². The van der Waals surface area contributed by atoms with Crippen LogP contribution >= 0.6 is 0 Å². The van der Waals surface area contributed by atoms with E-state index in [2.05, 4.69) is 0 Å². The first-order valence-corrected chi connectivity index (χ1v) is 6.08. The molecule has 0 heterocycles. The third-order valence-corrected chi connectivity index (χ3v) is 5.10. The van der Waals surface area contributed by atoms with Gasteiger partial charge in [-0.05, 0) is 44.4 Å². The molecule has 15 heavy (non-hydrogen) atoms. The Labute approximate surface area is 90.1 Å². The van der Waals surface area contributed by atoms with Crippen molar-refractivity contribution in [2.75, 3.05) is 13.2 Å². The van der Waals surface area contributed by atoms with Crippen LogP contribution in [0.15, 0.2) is 0 Å². The maximum Gasteiger partial charge on any atom is 0.0831 e. The van der Waals surface area contributed by atoms with Crippen LogP contribution in [0.1, 0.15) is 38.5 Å². The van der Waals surface area contributed by atoms with Gasteiger partial charge in [-0.3, -0.25) is 0 Å². The van der Waals surface area contributed by atoms with Crippen LogP contribution in [-0.4, -0.2) is 34.1 Å². The van der Waals surface area contributed by atoms with Crippen molar-refractivity contribution in [1.29, 1.82) is 0 Å². The van der Waals surface area contributed by atoms with Crippen molar-refractivity contribution in [1.82, 2.24) is 0 Å². The Kier molecular flexibility index (Phi) is 1.85. The molecule has 3 fully saturated rings. The van der Waals surface area contributed by atoms with E-state index in [4.69, 9.17) is 0 Å². The number of aliphatic hydroxyl groups is 3. The summed E-state index contributed by atoms with van der Waals surface area (Å²) in [4.78, 5) is 0. The summed E-state index contributed by atoms with van der Waals surface area (Å²) in [5.74, 6) is 0.335. The fourth-order valence-electron chi connectivity index (χ4n) is 3.55. The van der Waals surface area contributed by atoms with Gasteiger partial charge in [0.25, 0.3) is 0 Å². The van der Waals surface area contributed by atoms with E-state index >= 15 is 0 Å². The van der Waals surface area contributed by atoms with Crippen molar-refractivity contribution in [2.45, 2.75) is 44.1 Å². The lowest BCUT2D eigenvalue weighted by atomic mass is 9.69. The highest BCUT2D eigenvalue weighted by molar-refractivity contribution is 5.24. The molecule has 0 unspecified atom stereocenters. The van der Waals surface area contributed by atoms with Crippen LogP contribution in [0.2, 0.25) is 0 Å². The molecule has 3 aliphatic rings. The summed E-state index contributed by atoms with van der Waals surface area (Å²) in [5.41, 5.74) is -1.32. The van der Waals surface area contributed by atoms with E-state index in [9.17, 15) is 15.3 Å². The van der Waals surface area contributed by atoms with Gasteiger partial charge in [-0.25, -0.2) is 0 Å². The second-order valence-electron chi connectivity index (χ2n) is 5.92. The highest BCUT2D eigenvalue weighted by atomic mass is 16.3. The average Bonchev–Trinajstić information content (AvgIpc) is 3.19. The summed E-state index contributed by atoms with van der Waals surface area (Å²) in [7, 11) is 0. The molecule has 3 heteroatoms. The third-order valence-electron chi connectivity index (χ3n) is 5.10. The molecule has 3 rings (SSSR count). The second-order valence-corrected chi connectivity index (χ2v) is 5.92. The van der Waals surface area contributed by atoms with Gasteiger partial charge in [0, 0.05) is 10.8 Å². The maximum atomic E-state index is 11.0. The molecule has 0 saturated heterocycles. The molecule has 0 radical (unpaired) electrons. The Balaban J connectivity index is 1.95. The van der Waals surface area contributed by atoms with Crippen LogP contribution in [-0.2, 0) is 0 Å². The van der Waals surface area contributed by atoms with E-state index in [0.29, 0.717) is 5.92 Å². The molecule has 0 spiro atoms. The van der Waals surface area contributed by atoms with Gasteiger partial charge in [0.15, 0.2) is 0 Å². The van der Waals surface area contributed by atoms with Gasteiger partial charge >= 0.3 is 0 Å². The molecule has 3 nitrogen and oxygen atoms in total. The molecular formula is C12H20O3. The summed E-state index contributed by atoms with van der Waals surface area (Å²) in [6.07, 6.45) is 5.85. The van der Waals surface area contributed by atoms with Crippen LogP contribution in [0.3, 0.4) is 0 Å². The van der Waals surface area contributed by atoms with Crippen LogP contribution < -0.4 is 0 Å². The molecule has 0 bridgehead atoms. The number of rotatable bonds is 5. The first kappa shape index (κ1) is 10.1. The minimum Gasteiger partial charge on any atom is -0.396 e. The lowest BCUT2D eigenvalue weighted by molar-refractivity contribution is -0.141. The second kappa shape index (κ2) is 2.76. The molecule has 0 amide bonds. The summed E-state index contributed by atoms with van der Waals surface area (Å²) in [5, 5.41) is 30.0. The van der Waals surface area contributed by atoms with Gasteiger partial charge < -0.3 is 15.3 Å². The predicted molar refractivity (Wildman–Crippen MR) is 55.2 cm³/mol. The molecule has 0 aromatic heterocycles. The molecule has 3 saturated carbocycles. The summed E-state index contributed by atoms with van der Waals surface area (Å²) >= 11 is 0. The van der Waals surface area contributed by atoms with E-state index in [1.807, 2.05) is 0 Å². The fourth-order valence-corrected chi connectivity index (χ4v) is 3.55. The highest BCUT2D eigenvalue weighted by Gasteiger charge is 2.74. The zero-order valence-electron chi connectivity index (χ0n) is 9.08. The van der Waals surface area contributed by atoms with Gasteiger partial charge in [0.1, 0.15) is 0 Å². The number of aliphatic hydroxyl groups excluding tert-OH is 2. The first-order chi connectivity index (χ1) is 7.14. The van der Waals surface area contributed by atoms with Crippen molar-refractivity contribution in [3.05, 3.63) is 0 Å². The zero-order valence-corrected chi connectivity index (χ0v) is 9.08. The van der Waals surface area contributed by atoms with Crippen LogP contribution in [0.25, 0.3) is 0 Å². The van der Waals surface area contributed by atoms with E-state index in [1.165, 1.54) is 0 Å². The summed E-state index contributed by atoms with van der Waals surface area (Å²) < 4.78 is 0. The Morgan fingerprint density at radius 2 is 1.33 bits per heavy atom. The van der Waals surface area contributed by atoms with Gasteiger partial charge in [-0.2, -0.15) is 0 Å². The Morgan fingerprint density at radius 3 is 1.53 bits per heavy atom. The first-order valence-electron chi connectivity index (χ1n) is 6.08. The summed E-state index contributed by atoms with van der Waals surface area (Å²) in [6.45, 7) is 0.170. The smallest absolute Gasteiger partial charge is 0.0831 e. The lowest BCUT2D eigenvalue weighted by Gasteiger charge is -2.43. The van der Waals surface area contributed by atoms with Crippen molar-refractivity contribution in [3.8, 4) is 0 Å². The zero-order chi connectivity index (χ0) is 10.7. The fraction of sp³-hybridized carbons (Fsp3) is 1.00. The van der Waals surface area contributed by atoms with Crippen molar-refractivity contribution in [2.24, 2.45) is 16.7 Å². The van der Waals surface area contributed by atoms with E-state index < -0.39 is 5.60 Å². The molecule has 3 aliphatic carbocycles. The van der Waals surface area contributed by atoms with Gasteiger partial charge in [-0.1, -0.05) is 0 Å². The quantitative estimate of drug-likeness (QED) is 0.628. The molecule has 86 valence electrons. The Bertz CT molecular complexity index is 255. The molecular weight excluding hydrogens is 192 g/mol. The molecule has 0 aromatic rings. The topological polar surface area (TPSA) is 60.7 Å².